The first-order valence-corrected chi connectivity index (χ1v) is 6.84. The Balaban J connectivity index is 2.78. The van der Waals surface area contributed by atoms with Gasteiger partial charge in [0.1, 0.15) is 0 Å². The van der Waals surface area contributed by atoms with E-state index in [1.165, 1.54) is 5.57 Å². The summed E-state index contributed by atoms with van der Waals surface area (Å²) in [4.78, 5) is 0. The van der Waals surface area contributed by atoms with E-state index in [-0.39, 0.29) is 0 Å². The highest BCUT2D eigenvalue weighted by Gasteiger charge is 2.05. The highest BCUT2D eigenvalue weighted by Crippen LogP contribution is 2.25. The van der Waals surface area contributed by atoms with Gasteiger partial charge in [0.2, 0.25) is 0 Å². The van der Waals surface area contributed by atoms with Gasteiger partial charge < -0.3 is 0 Å². The average molecular weight is 246 g/mol. The van der Waals surface area contributed by atoms with Crippen LogP contribution in [0.2, 0.25) is 0 Å². The molecule has 98 valence electrons. The molecule has 1 heteroatoms. The maximum absolute atomic E-state index is 13.1. The number of hydrogen-bond donors (Lipinski definition) is 0. The molecule has 0 spiro atoms. The molecule has 0 nitrogen and oxygen atoms in total. The van der Waals surface area contributed by atoms with E-state index < -0.39 is 0 Å². The Morgan fingerprint density at radius 2 is 1.83 bits per heavy atom. The Morgan fingerprint density at radius 3 is 2.39 bits per heavy atom. The molecule has 0 heterocycles. The zero-order valence-electron chi connectivity index (χ0n) is 11.5. The van der Waals surface area contributed by atoms with Gasteiger partial charge in [0.05, 0.1) is 6.33 Å². The van der Waals surface area contributed by atoms with Crippen molar-refractivity contribution in [3.8, 4) is 0 Å². The van der Waals surface area contributed by atoms with Crippen LogP contribution in [0.1, 0.15) is 51.5 Å². The van der Waals surface area contributed by atoms with E-state index in [1.54, 1.807) is 0 Å². The van der Waals surface area contributed by atoms with Gasteiger partial charge >= 0.3 is 0 Å². The molecule has 0 aliphatic carbocycles. The minimum Gasteiger partial charge on any atom is -0.215 e. The van der Waals surface area contributed by atoms with Crippen LogP contribution < -0.4 is 0 Å². The van der Waals surface area contributed by atoms with Crippen LogP contribution in [-0.4, -0.2) is 0 Å². The van der Waals surface area contributed by atoms with Crippen molar-refractivity contribution >= 4 is 5.57 Å². The summed E-state index contributed by atoms with van der Waals surface area (Å²) in [5.41, 5.74) is 3.12. The van der Waals surface area contributed by atoms with E-state index in [9.17, 15) is 4.39 Å². The number of rotatable bonds is 7. The lowest BCUT2D eigenvalue weighted by atomic mass is 9.96. The minimum atomic E-state index is 0.731. The number of allylic oxidation sites excluding steroid dienone is 3. The lowest BCUT2D eigenvalue weighted by Gasteiger charge is -2.10. The predicted molar refractivity (Wildman–Crippen MR) is 78.0 cm³/mol. The molecule has 0 fully saturated rings. The normalized spacial score (nSPS) is 12.8. The second-order valence-corrected chi connectivity index (χ2v) is 4.58. The van der Waals surface area contributed by atoms with Crippen LogP contribution >= 0.6 is 0 Å². The number of halogens is 1. The van der Waals surface area contributed by atoms with Crippen LogP contribution in [0.15, 0.2) is 48.3 Å². The lowest BCUT2D eigenvalue weighted by molar-refractivity contribution is 0.719. The number of unbranched alkanes of at least 4 members (excludes halogenated alkanes) is 1. The molecule has 0 unspecified atom stereocenters. The molecule has 0 atom stereocenters. The summed E-state index contributed by atoms with van der Waals surface area (Å²) in [6, 6.07) is 9.80. The second-order valence-electron chi connectivity index (χ2n) is 4.58. The molecule has 0 bridgehead atoms. The van der Waals surface area contributed by atoms with Crippen molar-refractivity contribution in [2.45, 2.75) is 46.0 Å². The van der Waals surface area contributed by atoms with Gasteiger partial charge in [-0.05, 0) is 30.4 Å². The van der Waals surface area contributed by atoms with Crippen molar-refractivity contribution in [1.29, 1.82) is 0 Å². The van der Waals surface area contributed by atoms with Gasteiger partial charge in [-0.3, -0.25) is 0 Å². The second kappa shape index (κ2) is 8.68. The van der Waals surface area contributed by atoms with Crippen molar-refractivity contribution in [3.63, 3.8) is 0 Å². The van der Waals surface area contributed by atoms with Crippen LogP contribution in [0.25, 0.3) is 5.57 Å². The van der Waals surface area contributed by atoms with Crippen molar-refractivity contribution in [1.82, 2.24) is 0 Å². The number of benzene rings is 1. The summed E-state index contributed by atoms with van der Waals surface area (Å²) in [5.74, 6) is 0. The Hall–Kier alpha value is -1.37. The SMILES string of the molecule is CCC/C=C(\CCC)CC(=CF)c1ccccc1. The Kier molecular flexibility index (Phi) is 7.09. The zero-order chi connectivity index (χ0) is 13.2. The summed E-state index contributed by atoms with van der Waals surface area (Å²) in [7, 11) is 0. The minimum absolute atomic E-state index is 0.731. The lowest BCUT2D eigenvalue weighted by Crippen LogP contribution is -1.89. The van der Waals surface area contributed by atoms with E-state index in [1.807, 2.05) is 30.3 Å². The third-order valence-electron chi connectivity index (χ3n) is 2.99. The summed E-state index contributed by atoms with van der Waals surface area (Å²) in [6.07, 6.45) is 8.17. The van der Waals surface area contributed by atoms with E-state index in [4.69, 9.17) is 0 Å². The van der Waals surface area contributed by atoms with Crippen molar-refractivity contribution in [2.24, 2.45) is 0 Å². The molecule has 0 radical (unpaired) electrons. The van der Waals surface area contributed by atoms with Gasteiger partial charge in [-0.25, -0.2) is 4.39 Å². The van der Waals surface area contributed by atoms with Crippen molar-refractivity contribution in [2.75, 3.05) is 0 Å². The Labute approximate surface area is 110 Å². The maximum atomic E-state index is 13.1. The highest BCUT2D eigenvalue weighted by atomic mass is 19.1. The maximum Gasteiger partial charge on any atom is 0.0908 e. The number of hydrogen-bond acceptors (Lipinski definition) is 0. The molecule has 0 aromatic heterocycles. The highest BCUT2D eigenvalue weighted by molar-refractivity contribution is 5.66. The predicted octanol–water partition coefficient (Wildman–Crippen LogP) is 5.91. The Morgan fingerprint density at radius 1 is 1.11 bits per heavy atom. The molecule has 0 saturated carbocycles. The van der Waals surface area contributed by atoms with Crippen molar-refractivity contribution < 1.29 is 4.39 Å². The molecule has 18 heavy (non-hydrogen) atoms. The van der Waals surface area contributed by atoms with Gasteiger partial charge in [-0.2, -0.15) is 0 Å². The standard InChI is InChI=1S/C17H23F/c1-3-5-10-15(9-4-2)13-17(14-18)16-11-7-6-8-12-16/h6-8,10-12,14H,3-5,9,13H2,1-2H3/b15-10+,17-14?. The van der Waals surface area contributed by atoms with Crippen LogP contribution in [-0.2, 0) is 0 Å². The molecule has 1 aromatic rings. The summed E-state index contributed by atoms with van der Waals surface area (Å²) >= 11 is 0. The van der Waals surface area contributed by atoms with E-state index in [0.717, 1.165) is 49.6 Å². The van der Waals surface area contributed by atoms with Crippen molar-refractivity contribution in [3.05, 3.63) is 53.9 Å². The van der Waals surface area contributed by atoms with Gasteiger partial charge in [-0.1, -0.05) is 68.7 Å². The molecule has 0 saturated heterocycles. The third kappa shape index (κ3) is 4.87. The quantitative estimate of drug-likeness (QED) is 0.524. The first kappa shape index (κ1) is 14.7. The molecule has 1 aromatic carbocycles. The molecule has 0 amide bonds. The largest absolute Gasteiger partial charge is 0.215 e. The van der Waals surface area contributed by atoms with E-state index in [2.05, 4.69) is 19.9 Å². The fraction of sp³-hybridized carbons (Fsp3) is 0.412. The fourth-order valence-corrected chi connectivity index (χ4v) is 2.03. The molecule has 0 N–H and O–H groups in total. The third-order valence-corrected chi connectivity index (χ3v) is 2.99. The molecule has 0 aliphatic rings. The summed E-state index contributed by atoms with van der Waals surface area (Å²) in [5, 5.41) is 0. The first-order valence-electron chi connectivity index (χ1n) is 6.84. The van der Waals surface area contributed by atoms with Gasteiger partial charge in [0.25, 0.3) is 0 Å². The Bertz CT molecular complexity index is 387. The van der Waals surface area contributed by atoms with Crippen LogP contribution in [0, 0.1) is 0 Å². The van der Waals surface area contributed by atoms with Gasteiger partial charge in [-0.15, -0.1) is 0 Å². The first-order chi connectivity index (χ1) is 8.81. The fourth-order valence-electron chi connectivity index (χ4n) is 2.03. The summed E-state index contributed by atoms with van der Waals surface area (Å²) in [6.45, 7) is 4.34. The van der Waals surface area contributed by atoms with Crippen LogP contribution in [0.3, 0.4) is 0 Å². The van der Waals surface area contributed by atoms with Gasteiger partial charge in [0, 0.05) is 0 Å². The average Bonchev–Trinajstić information content (AvgIpc) is 2.43. The molecule has 0 aliphatic heterocycles. The van der Waals surface area contributed by atoms with Crippen LogP contribution in [0.5, 0.6) is 0 Å². The summed E-state index contributed by atoms with van der Waals surface area (Å²) < 4.78 is 13.1. The van der Waals surface area contributed by atoms with Crippen LogP contribution in [0.4, 0.5) is 4.39 Å². The van der Waals surface area contributed by atoms with Gasteiger partial charge in [0.15, 0.2) is 0 Å². The smallest absolute Gasteiger partial charge is 0.0908 e. The molecule has 1 rings (SSSR count). The zero-order valence-corrected chi connectivity index (χ0v) is 11.5. The van der Waals surface area contributed by atoms with E-state index in [0.29, 0.717) is 0 Å². The molecular weight excluding hydrogens is 223 g/mol. The monoisotopic (exact) mass is 246 g/mol. The molecular formula is C17H23F. The van der Waals surface area contributed by atoms with E-state index >= 15 is 0 Å². The topological polar surface area (TPSA) is 0 Å².